The van der Waals surface area contributed by atoms with E-state index in [1.807, 2.05) is 6.92 Å². The van der Waals surface area contributed by atoms with Gasteiger partial charge in [-0.2, -0.15) is 12.6 Å². The van der Waals surface area contributed by atoms with Crippen molar-refractivity contribution in [3.05, 3.63) is 25.3 Å². The lowest BCUT2D eigenvalue weighted by Gasteiger charge is -2.29. The van der Waals surface area contributed by atoms with Gasteiger partial charge in [0.25, 0.3) is 0 Å². The van der Waals surface area contributed by atoms with E-state index < -0.39 is 5.60 Å². The summed E-state index contributed by atoms with van der Waals surface area (Å²) in [7, 11) is 0. The van der Waals surface area contributed by atoms with Gasteiger partial charge in [0.1, 0.15) is 0 Å². The first-order valence-corrected chi connectivity index (χ1v) is 4.20. The summed E-state index contributed by atoms with van der Waals surface area (Å²) in [6.07, 6.45) is 4.53. The van der Waals surface area contributed by atoms with Crippen LogP contribution in [0.15, 0.2) is 25.3 Å². The normalized spacial score (nSPS) is 14.1. The van der Waals surface area contributed by atoms with E-state index in [1.165, 1.54) is 0 Å². The standard InChI is InChI=1S/C9H16OS/c1-4-6-9(10,7-5-2)8(3)11/h4-5,8,10-11H,1-2,6-7H2,3H3. The molecule has 11 heavy (non-hydrogen) atoms. The summed E-state index contributed by atoms with van der Waals surface area (Å²) >= 11 is 4.20. The number of rotatable bonds is 5. The van der Waals surface area contributed by atoms with E-state index >= 15 is 0 Å². The van der Waals surface area contributed by atoms with Crippen LogP contribution >= 0.6 is 12.6 Å². The summed E-state index contributed by atoms with van der Waals surface area (Å²) in [5.74, 6) is 0. The molecule has 0 aliphatic heterocycles. The van der Waals surface area contributed by atoms with Crippen LogP contribution in [0.4, 0.5) is 0 Å². The number of aliphatic hydroxyl groups is 1. The summed E-state index contributed by atoms with van der Waals surface area (Å²) < 4.78 is 0. The fourth-order valence-electron chi connectivity index (χ4n) is 0.924. The van der Waals surface area contributed by atoms with Gasteiger partial charge in [-0.05, 0) is 12.8 Å². The molecule has 0 amide bonds. The molecule has 1 atom stereocenters. The van der Waals surface area contributed by atoms with Gasteiger partial charge in [-0.3, -0.25) is 0 Å². The molecule has 1 N–H and O–H groups in total. The van der Waals surface area contributed by atoms with Crippen molar-refractivity contribution in [2.24, 2.45) is 0 Å². The molecule has 0 fully saturated rings. The first kappa shape index (κ1) is 10.8. The van der Waals surface area contributed by atoms with E-state index in [9.17, 15) is 5.11 Å². The molecule has 0 spiro atoms. The van der Waals surface area contributed by atoms with Gasteiger partial charge in [0.15, 0.2) is 0 Å². The second kappa shape index (κ2) is 4.62. The lowest BCUT2D eigenvalue weighted by molar-refractivity contribution is 0.0488. The van der Waals surface area contributed by atoms with Crippen molar-refractivity contribution in [3.63, 3.8) is 0 Å². The third-order valence-electron chi connectivity index (χ3n) is 1.77. The van der Waals surface area contributed by atoms with Crippen molar-refractivity contribution >= 4 is 12.6 Å². The van der Waals surface area contributed by atoms with Gasteiger partial charge in [0.2, 0.25) is 0 Å². The number of hydrogen-bond donors (Lipinski definition) is 2. The van der Waals surface area contributed by atoms with Crippen LogP contribution < -0.4 is 0 Å². The Morgan fingerprint density at radius 1 is 1.45 bits per heavy atom. The fraction of sp³-hybridized carbons (Fsp3) is 0.556. The topological polar surface area (TPSA) is 20.2 Å². The lowest BCUT2D eigenvalue weighted by Crippen LogP contribution is -2.36. The molecule has 0 rings (SSSR count). The summed E-state index contributed by atoms with van der Waals surface area (Å²) in [4.78, 5) is 0. The molecule has 0 aromatic carbocycles. The number of hydrogen-bond acceptors (Lipinski definition) is 2. The molecule has 0 saturated heterocycles. The maximum Gasteiger partial charge on any atom is 0.0828 e. The Balaban J connectivity index is 4.23. The van der Waals surface area contributed by atoms with Crippen molar-refractivity contribution < 1.29 is 5.11 Å². The third-order valence-corrected chi connectivity index (χ3v) is 2.25. The van der Waals surface area contributed by atoms with Crippen LogP contribution in [-0.4, -0.2) is 16.0 Å². The molecule has 1 unspecified atom stereocenters. The van der Waals surface area contributed by atoms with E-state index in [0.29, 0.717) is 12.8 Å². The molecular formula is C9H16OS. The molecule has 0 aliphatic rings. The Hall–Kier alpha value is -0.210. The van der Waals surface area contributed by atoms with Crippen LogP contribution in [0.2, 0.25) is 0 Å². The molecule has 0 aromatic rings. The second-order valence-electron chi connectivity index (χ2n) is 2.77. The largest absolute Gasteiger partial charge is 0.388 e. The van der Waals surface area contributed by atoms with Crippen molar-refractivity contribution in [1.29, 1.82) is 0 Å². The molecule has 0 saturated carbocycles. The lowest BCUT2D eigenvalue weighted by atomic mass is 9.92. The van der Waals surface area contributed by atoms with E-state index in [4.69, 9.17) is 0 Å². The average molecular weight is 172 g/mol. The van der Waals surface area contributed by atoms with Crippen molar-refractivity contribution in [1.82, 2.24) is 0 Å². The minimum atomic E-state index is -0.771. The van der Waals surface area contributed by atoms with Crippen LogP contribution in [0.5, 0.6) is 0 Å². The maximum atomic E-state index is 9.87. The highest BCUT2D eigenvalue weighted by Crippen LogP contribution is 2.24. The first-order valence-electron chi connectivity index (χ1n) is 3.69. The molecular weight excluding hydrogens is 156 g/mol. The van der Waals surface area contributed by atoms with Gasteiger partial charge in [0.05, 0.1) is 5.60 Å². The van der Waals surface area contributed by atoms with Crippen molar-refractivity contribution in [2.75, 3.05) is 0 Å². The third kappa shape index (κ3) is 3.12. The zero-order chi connectivity index (χ0) is 8.91. The predicted octanol–water partition coefficient (Wildman–Crippen LogP) is 2.19. The van der Waals surface area contributed by atoms with Gasteiger partial charge < -0.3 is 5.11 Å². The Morgan fingerprint density at radius 3 is 2.00 bits per heavy atom. The molecule has 64 valence electrons. The van der Waals surface area contributed by atoms with Crippen LogP contribution in [0, 0.1) is 0 Å². The second-order valence-corrected chi connectivity index (χ2v) is 3.54. The molecule has 0 aliphatic carbocycles. The zero-order valence-corrected chi connectivity index (χ0v) is 7.85. The van der Waals surface area contributed by atoms with Gasteiger partial charge in [0, 0.05) is 5.25 Å². The van der Waals surface area contributed by atoms with Gasteiger partial charge in [-0.25, -0.2) is 0 Å². The van der Waals surface area contributed by atoms with Crippen LogP contribution in [0.1, 0.15) is 19.8 Å². The van der Waals surface area contributed by atoms with Crippen LogP contribution in [0.3, 0.4) is 0 Å². The molecule has 0 heterocycles. The Kier molecular flexibility index (Phi) is 4.54. The van der Waals surface area contributed by atoms with Crippen molar-refractivity contribution in [2.45, 2.75) is 30.6 Å². The highest BCUT2D eigenvalue weighted by Gasteiger charge is 2.28. The predicted molar refractivity (Wildman–Crippen MR) is 53.0 cm³/mol. The number of thiol groups is 1. The average Bonchev–Trinajstić information content (AvgIpc) is 1.88. The zero-order valence-electron chi connectivity index (χ0n) is 6.95. The molecule has 2 heteroatoms. The molecule has 0 aromatic heterocycles. The summed E-state index contributed by atoms with van der Waals surface area (Å²) in [6, 6.07) is 0. The summed E-state index contributed by atoms with van der Waals surface area (Å²) in [5, 5.41) is 9.81. The van der Waals surface area contributed by atoms with Crippen molar-refractivity contribution in [3.8, 4) is 0 Å². The van der Waals surface area contributed by atoms with E-state index in [1.54, 1.807) is 12.2 Å². The van der Waals surface area contributed by atoms with E-state index in [-0.39, 0.29) is 5.25 Å². The fourth-order valence-corrected chi connectivity index (χ4v) is 1.14. The highest BCUT2D eigenvalue weighted by molar-refractivity contribution is 7.81. The Bertz CT molecular complexity index is 130. The smallest absolute Gasteiger partial charge is 0.0828 e. The van der Waals surface area contributed by atoms with Crippen LogP contribution in [0.25, 0.3) is 0 Å². The van der Waals surface area contributed by atoms with Gasteiger partial charge >= 0.3 is 0 Å². The minimum Gasteiger partial charge on any atom is -0.388 e. The quantitative estimate of drug-likeness (QED) is 0.481. The highest BCUT2D eigenvalue weighted by atomic mass is 32.1. The maximum absolute atomic E-state index is 9.87. The molecule has 0 radical (unpaired) electrons. The first-order chi connectivity index (χ1) is 5.06. The minimum absolute atomic E-state index is 0.0569. The van der Waals surface area contributed by atoms with E-state index in [2.05, 4.69) is 25.8 Å². The van der Waals surface area contributed by atoms with Gasteiger partial charge in [-0.1, -0.05) is 19.1 Å². The molecule has 1 nitrogen and oxygen atoms in total. The SMILES string of the molecule is C=CCC(O)(CC=C)C(C)S. The Labute approximate surface area is 74.2 Å². The molecule has 0 bridgehead atoms. The summed E-state index contributed by atoms with van der Waals surface area (Å²) in [6.45, 7) is 9.04. The summed E-state index contributed by atoms with van der Waals surface area (Å²) in [5.41, 5.74) is -0.771. The van der Waals surface area contributed by atoms with Gasteiger partial charge in [-0.15, -0.1) is 13.2 Å². The van der Waals surface area contributed by atoms with Crippen LogP contribution in [-0.2, 0) is 0 Å². The monoisotopic (exact) mass is 172 g/mol. The Morgan fingerprint density at radius 2 is 1.82 bits per heavy atom. The van der Waals surface area contributed by atoms with E-state index in [0.717, 1.165) is 0 Å².